The number of nitrogens with one attached hydrogen (secondary N) is 1. The SMILES string of the molecule is O=C(O)c1cnc(NCC2CCC3(CCCCC3)O2)cn1. The highest BCUT2D eigenvalue weighted by molar-refractivity contribution is 5.84. The Bertz CT molecular complexity index is 497. The van der Waals surface area contributed by atoms with Gasteiger partial charge in [0.2, 0.25) is 0 Å². The van der Waals surface area contributed by atoms with Crippen LogP contribution >= 0.6 is 0 Å². The highest BCUT2D eigenvalue weighted by Gasteiger charge is 2.40. The molecule has 1 aliphatic heterocycles. The Morgan fingerprint density at radius 2 is 2.10 bits per heavy atom. The second kappa shape index (κ2) is 5.97. The van der Waals surface area contributed by atoms with E-state index in [4.69, 9.17) is 9.84 Å². The lowest BCUT2D eigenvalue weighted by atomic mass is 9.83. The van der Waals surface area contributed by atoms with Crippen molar-refractivity contribution in [2.75, 3.05) is 11.9 Å². The van der Waals surface area contributed by atoms with Gasteiger partial charge in [0, 0.05) is 6.54 Å². The first-order chi connectivity index (χ1) is 10.2. The minimum absolute atomic E-state index is 0.0428. The van der Waals surface area contributed by atoms with Gasteiger partial charge in [0.1, 0.15) is 5.82 Å². The zero-order valence-electron chi connectivity index (χ0n) is 12.0. The lowest BCUT2D eigenvalue weighted by molar-refractivity contribution is -0.0588. The van der Waals surface area contributed by atoms with Gasteiger partial charge in [-0.15, -0.1) is 0 Å². The van der Waals surface area contributed by atoms with Gasteiger partial charge in [-0.3, -0.25) is 0 Å². The quantitative estimate of drug-likeness (QED) is 0.886. The van der Waals surface area contributed by atoms with E-state index in [0.717, 1.165) is 12.8 Å². The predicted octanol–water partition coefficient (Wildman–Crippen LogP) is 2.47. The number of carboxylic acids is 1. The van der Waals surface area contributed by atoms with E-state index in [1.54, 1.807) is 0 Å². The molecule has 2 aliphatic rings. The molecular weight excluding hydrogens is 270 g/mol. The Kier molecular flexibility index (Phi) is 4.05. The maximum absolute atomic E-state index is 10.7. The molecule has 21 heavy (non-hydrogen) atoms. The minimum Gasteiger partial charge on any atom is -0.476 e. The molecule has 2 heterocycles. The molecule has 0 amide bonds. The molecular formula is C15H21N3O3. The monoisotopic (exact) mass is 291 g/mol. The van der Waals surface area contributed by atoms with Crippen LogP contribution in [0.15, 0.2) is 12.4 Å². The number of carboxylic acid groups (broad SMARTS) is 1. The molecule has 0 bridgehead atoms. The van der Waals surface area contributed by atoms with Crippen LogP contribution < -0.4 is 5.32 Å². The van der Waals surface area contributed by atoms with Crippen molar-refractivity contribution in [3.63, 3.8) is 0 Å². The Labute approximate surface area is 123 Å². The molecule has 114 valence electrons. The Morgan fingerprint density at radius 3 is 2.76 bits per heavy atom. The van der Waals surface area contributed by atoms with Gasteiger partial charge in [-0.25, -0.2) is 14.8 Å². The molecule has 1 atom stereocenters. The molecule has 2 fully saturated rings. The van der Waals surface area contributed by atoms with Crippen molar-refractivity contribution in [1.82, 2.24) is 9.97 Å². The zero-order valence-corrected chi connectivity index (χ0v) is 12.0. The van der Waals surface area contributed by atoms with Gasteiger partial charge in [-0.2, -0.15) is 0 Å². The number of carbonyl (C=O) groups is 1. The number of aromatic carboxylic acids is 1. The molecule has 1 saturated carbocycles. The Hall–Kier alpha value is -1.69. The van der Waals surface area contributed by atoms with Crippen LogP contribution in [0.1, 0.15) is 55.4 Å². The fourth-order valence-electron chi connectivity index (χ4n) is 3.35. The fourth-order valence-corrected chi connectivity index (χ4v) is 3.35. The number of hydrogen-bond donors (Lipinski definition) is 2. The van der Waals surface area contributed by atoms with Crippen LogP contribution in [0.25, 0.3) is 0 Å². The van der Waals surface area contributed by atoms with Crippen molar-refractivity contribution < 1.29 is 14.6 Å². The summed E-state index contributed by atoms with van der Waals surface area (Å²) in [6.07, 6.45) is 11.4. The van der Waals surface area contributed by atoms with Gasteiger partial charge in [0.25, 0.3) is 0 Å². The molecule has 1 aromatic heterocycles. The molecule has 1 aromatic rings. The van der Waals surface area contributed by atoms with Crippen molar-refractivity contribution in [2.45, 2.75) is 56.7 Å². The average molecular weight is 291 g/mol. The largest absolute Gasteiger partial charge is 0.476 e. The zero-order chi connectivity index (χ0) is 14.7. The van der Waals surface area contributed by atoms with Gasteiger partial charge >= 0.3 is 5.97 Å². The molecule has 6 nitrogen and oxygen atoms in total. The molecule has 1 unspecified atom stereocenters. The van der Waals surface area contributed by atoms with E-state index in [1.165, 1.54) is 44.5 Å². The summed E-state index contributed by atoms with van der Waals surface area (Å²) in [5.74, 6) is -0.472. The molecule has 2 N–H and O–H groups in total. The molecule has 1 saturated heterocycles. The summed E-state index contributed by atoms with van der Waals surface area (Å²) in [5, 5.41) is 12.0. The van der Waals surface area contributed by atoms with Crippen LogP contribution in [-0.2, 0) is 4.74 Å². The minimum atomic E-state index is -1.06. The summed E-state index contributed by atoms with van der Waals surface area (Å²) in [6.45, 7) is 0.697. The highest BCUT2D eigenvalue weighted by atomic mass is 16.5. The van der Waals surface area contributed by atoms with Crippen LogP contribution in [-0.4, -0.2) is 39.3 Å². The number of rotatable bonds is 4. The number of hydrogen-bond acceptors (Lipinski definition) is 5. The third-order valence-corrected chi connectivity index (χ3v) is 4.49. The summed E-state index contributed by atoms with van der Waals surface area (Å²) in [4.78, 5) is 18.6. The maximum atomic E-state index is 10.7. The number of anilines is 1. The lowest BCUT2D eigenvalue weighted by Crippen LogP contribution is -2.33. The Balaban J connectivity index is 1.50. The summed E-state index contributed by atoms with van der Waals surface area (Å²) in [7, 11) is 0. The number of nitrogens with zero attached hydrogens (tertiary/aromatic N) is 2. The van der Waals surface area contributed by atoms with Crippen molar-refractivity contribution >= 4 is 11.8 Å². The Morgan fingerprint density at radius 1 is 1.29 bits per heavy atom. The van der Waals surface area contributed by atoms with E-state index in [2.05, 4.69) is 15.3 Å². The normalized spacial score (nSPS) is 24.1. The summed E-state index contributed by atoms with van der Waals surface area (Å²) in [5.41, 5.74) is 0.0857. The van der Waals surface area contributed by atoms with Crippen molar-refractivity contribution in [3.05, 3.63) is 18.1 Å². The molecule has 1 spiro atoms. The highest BCUT2D eigenvalue weighted by Crippen LogP contribution is 2.41. The van der Waals surface area contributed by atoms with Crippen molar-refractivity contribution in [2.24, 2.45) is 0 Å². The summed E-state index contributed by atoms with van der Waals surface area (Å²) in [6, 6.07) is 0. The number of aromatic nitrogens is 2. The second-order valence-electron chi connectivity index (χ2n) is 6.00. The van der Waals surface area contributed by atoms with E-state index in [1.807, 2.05) is 0 Å². The van der Waals surface area contributed by atoms with Gasteiger partial charge in [-0.1, -0.05) is 19.3 Å². The number of ether oxygens (including phenoxy) is 1. The first-order valence-electron chi connectivity index (χ1n) is 7.64. The standard InChI is InChI=1S/C15H21N3O3/c19-14(20)12-9-18-13(10-16-12)17-8-11-4-7-15(21-11)5-2-1-3-6-15/h9-11H,1-8H2,(H,17,18)(H,19,20). The van der Waals surface area contributed by atoms with Crippen molar-refractivity contribution in [1.29, 1.82) is 0 Å². The molecule has 3 rings (SSSR count). The topological polar surface area (TPSA) is 84.3 Å². The molecule has 0 radical (unpaired) electrons. The smallest absolute Gasteiger partial charge is 0.356 e. The van der Waals surface area contributed by atoms with Crippen LogP contribution in [0, 0.1) is 0 Å². The summed E-state index contributed by atoms with van der Waals surface area (Å²) >= 11 is 0. The van der Waals surface area contributed by atoms with Crippen LogP contribution in [0.3, 0.4) is 0 Å². The van der Waals surface area contributed by atoms with Crippen molar-refractivity contribution in [3.8, 4) is 0 Å². The van der Waals surface area contributed by atoms with Gasteiger partial charge < -0.3 is 15.2 Å². The van der Waals surface area contributed by atoms with E-state index < -0.39 is 5.97 Å². The average Bonchev–Trinajstić information content (AvgIpc) is 2.89. The predicted molar refractivity (Wildman–Crippen MR) is 77.4 cm³/mol. The van der Waals surface area contributed by atoms with E-state index in [-0.39, 0.29) is 17.4 Å². The third kappa shape index (κ3) is 3.32. The van der Waals surface area contributed by atoms with E-state index in [9.17, 15) is 4.79 Å². The first-order valence-corrected chi connectivity index (χ1v) is 7.64. The second-order valence-corrected chi connectivity index (χ2v) is 6.00. The van der Waals surface area contributed by atoms with E-state index in [0.29, 0.717) is 12.4 Å². The third-order valence-electron chi connectivity index (χ3n) is 4.49. The van der Waals surface area contributed by atoms with Crippen LogP contribution in [0.4, 0.5) is 5.82 Å². The van der Waals surface area contributed by atoms with Gasteiger partial charge in [0.05, 0.1) is 24.1 Å². The fraction of sp³-hybridized carbons (Fsp3) is 0.667. The van der Waals surface area contributed by atoms with Gasteiger partial charge in [-0.05, 0) is 25.7 Å². The van der Waals surface area contributed by atoms with E-state index >= 15 is 0 Å². The van der Waals surface area contributed by atoms with Crippen LogP contribution in [0.2, 0.25) is 0 Å². The summed E-state index contributed by atoms with van der Waals surface area (Å²) < 4.78 is 6.27. The van der Waals surface area contributed by atoms with Gasteiger partial charge in [0.15, 0.2) is 5.69 Å². The first kappa shape index (κ1) is 14.3. The lowest BCUT2D eigenvalue weighted by Gasteiger charge is -2.33. The molecule has 0 aromatic carbocycles. The molecule has 6 heteroatoms. The van der Waals surface area contributed by atoms with Crippen LogP contribution in [0.5, 0.6) is 0 Å². The molecule has 1 aliphatic carbocycles. The maximum Gasteiger partial charge on any atom is 0.356 e.